The van der Waals surface area contributed by atoms with Crippen LogP contribution in [-0.2, 0) is 17.1 Å². The fourth-order valence-electron chi connectivity index (χ4n) is 1.01. The van der Waals surface area contributed by atoms with Gasteiger partial charge in [-0.05, 0) is 6.07 Å². The Kier molecular flexibility index (Phi) is 2.36. The average molecular weight is 203 g/mol. The van der Waals surface area contributed by atoms with Gasteiger partial charge in [-0.3, -0.25) is 0 Å². The second-order valence-corrected chi connectivity index (χ2v) is 5.11. The molecule has 0 atom stereocenters. The first-order valence-corrected chi connectivity index (χ1v) is 5.14. The van der Waals surface area contributed by atoms with E-state index in [2.05, 4.69) is 0 Å². The average Bonchev–Trinajstić information content (AvgIpc) is 2.30. The van der Waals surface area contributed by atoms with Crippen molar-refractivity contribution < 1.29 is 8.42 Å². The summed E-state index contributed by atoms with van der Waals surface area (Å²) in [7, 11) is 1.24. The maximum absolute atomic E-state index is 11.6. The lowest BCUT2D eigenvalue weighted by Crippen LogP contribution is -2.24. The lowest BCUT2D eigenvalue weighted by molar-refractivity contribution is 0.511. The highest BCUT2D eigenvalue weighted by Gasteiger charge is 2.20. The van der Waals surface area contributed by atoms with Crippen molar-refractivity contribution in [1.82, 2.24) is 8.87 Å². The van der Waals surface area contributed by atoms with Gasteiger partial charge in [-0.1, -0.05) is 0 Å². The fraction of sp³-hybridized carbons (Fsp3) is 0.429. The van der Waals surface area contributed by atoms with Crippen LogP contribution in [0.4, 0.5) is 5.69 Å². The molecular weight excluding hydrogens is 190 g/mol. The first-order chi connectivity index (χ1) is 5.85. The van der Waals surface area contributed by atoms with Gasteiger partial charge in [0.2, 0.25) is 0 Å². The molecule has 0 amide bonds. The Hall–Kier alpha value is -1.01. The van der Waals surface area contributed by atoms with Gasteiger partial charge < -0.3 is 10.3 Å². The second-order valence-electron chi connectivity index (χ2n) is 3.01. The van der Waals surface area contributed by atoms with Gasteiger partial charge in [-0.2, -0.15) is 0 Å². The summed E-state index contributed by atoms with van der Waals surface area (Å²) < 4.78 is 25.9. The molecule has 0 aliphatic heterocycles. The summed E-state index contributed by atoms with van der Waals surface area (Å²) in [5, 5.41) is 0.204. The van der Waals surface area contributed by atoms with Gasteiger partial charge >= 0.3 is 0 Å². The molecule has 1 rings (SSSR count). The van der Waals surface area contributed by atoms with Crippen molar-refractivity contribution in [3.05, 3.63) is 12.3 Å². The van der Waals surface area contributed by atoms with E-state index in [1.54, 1.807) is 13.2 Å². The summed E-state index contributed by atoms with van der Waals surface area (Å²) >= 11 is 0. The zero-order valence-electron chi connectivity index (χ0n) is 7.85. The maximum atomic E-state index is 11.6. The standard InChI is InChI=1S/C7H13N3O2S/c1-9(2)13(11,12)7-4-6(8)5-10(7)3/h4-5H,8H2,1-3H3. The van der Waals surface area contributed by atoms with Gasteiger partial charge in [-0.25, -0.2) is 12.7 Å². The largest absolute Gasteiger partial charge is 0.397 e. The topological polar surface area (TPSA) is 68.3 Å². The minimum Gasteiger partial charge on any atom is -0.397 e. The van der Waals surface area contributed by atoms with Crippen LogP contribution in [0.25, 0.3) is 0 Å². The van der Waals surface area contributed by atoms with E-state index < -0.39 is 10.0 Å². The summed E-state index contributed by atoms with van der Waals surface area (Å²) in [5.74, 6) is 0. The van der Waals surface area contributed by atoms with Crippen LogP contribution in [-0.4, -0.2) is 31.4 Å². The highest BCUT2D eigenvalue weighted by atomic mass is 32.2. The second kappa shape index (κ2) is 3.04. The Labute approximate surface area is 77.8 Å². The number of nitrogens with zero attached hydrogens (tertiary/aromatic N) is 2. The predicted octanol–water partition coefficient (Wildman–Crippen LogP) is -0.142. The lowest BCUT2D eigenvalue weighted by atomic mass is 10.6. The Balaban J connectivity index is 3.31. The minimum atomic E-state index is -3.37. The monoisotopic (exact) mass is 203 g/mol. The molecule has 1 aromatic heterocycles. The van der Waals surface area contributed by atoms with Gasteiger partial charge in [0.05, 0.1) is 5.69 Å². The molecule has 6 heteroatoms. The number of rotatable bonds is 2. The third-order valence-corrected chi connectivity index (χ3v) is 3.62. The van der Waals surface area contributed by atoms with Crippen molar-refractivity contribution in [2.75, 3.05) is 19.8 Å². The van der Waals surface area contributed by atoms with Crippen LogP contribution in [0.15, 0.2) is 17.3 Å². The number of hydrogen-bond acceptors (Lipinski definition) is 3. The zero-order chi connectivity index (χ0) is 10.2. The Morgan fingerprint density at radius 1 is 1.46 bits per heavy atom. The molecular formula is C7H13N3O2S. The number of anilines is 1. The molecule has 0 saturated carbocycles. The van der Waals surface area contributed by atoms with E-state index in [0.29, 0.717) is 5.69 Å². The Bertz CT molecular complexity index is 405. The van der Waals surface area contributed by atoms with Crippen molar-refractivity contribution in [2.45, 2.75) is 5.03 Å². The lowest BCUT2D eigenvalue weighted by Gasteiger charge is -2.11. The first-order valence-electron chi connectivity index (χ1n) is 3.70. The molecule has 0 bridgehead atoms. The van der Waals surface area contributed by atoms with Crippen LogP contribution in [0.3, 0.4) is 0 Å². The van der Waals surface area contributed by atoms with Crippen molar-refractivity contribution in [3.8, 4) is 0 Å². The van der Waals surface area contributed by atoms with Gasteiger partial charge in [0, 0.05) is 27.3 Å². The van der Waals surface area contributed by atoms with Crippen LogP contribution in [0.1, 0.15) is 0 Å². The third kappa shape index (κ3) is 1.68. The molecule has 13 heavy (non-hydrogen) atoms. The predicted molar refractivity (Wildman–Crippen MR) is 50.7 cm³/mol. The van der Waals surface area contributed by atoms with Gasteiger partial charge in [-0.15, -0.1) is 0 Å². The molecule has 0 spiro atoms. The van der Waals surface area contributed by atoms with Crippen LogP contribution in [0, 0.1) is 0 Å². The van der Waals surface area contributed by atoms with E-state index in [1.807, 2.05) is 0 Å². The molecule has 2 N–H and O–H groups in total. The molecule has 0 aliphatic carbocycles. The van der Waals surface area contributed by atoms with Gasteiger partial charge in [0.15, 0.2) is 5.03 Å². The SMILES string of the molecule is CN(C)S(=O)(=O)c1cc(N)cn1C. The first kappa shape index (κ1) is 10.1. The highest BCUT2D eigenvalue weighted by Crippen LogP contribution is 2.16. The Morgan fingerprint density at radius 3 is 2.31 bits per heavy atom. The smallest absolute Gasteiger partial charge is 0.258 e. The number of aromatic nitrogens is 1. The van der Waals surface area contributed by atoms with E-state index in [4.69, 9.17) is 5.73 Å². The van der Waals surface area contributed by atoms with E-state index in [1.165, 1.54) is 24.7 Å². The van der Waals surface area contributed by atoms with Crippen molar-refractivity contribution in [3.63, 3.8) is 0 Å². The number of sulfonamides is 1. The highest BCUT2D eigenvalue weighted by molar-refractivity contribution is 7.89. The van der Waals surface area contributed by atoms with Crippen LogP contribution in [0.2, 0.25) is 0 Å². The fourth-order valence-corrected chi connectivity index (χ4v) is 2.09. The zero-order valence-corrected chi connectivity index (χ0v) is 8.67. The molecule has 1 aromatic rings. The summed E-state index contributed by atoms with van der Waals surface area (Å²) in [6.07, 6.45) is 1.57. The van der Waals surface area contributed by atoms with E-state index in [-0.39, 0.29) is 5.03 Å². The van der Waals surface area contributed by atoms with E-state index in [0.717, 1.165) is 4.31 Å². The van der Waals surface area contributed by atoms with Crippen LogP contribution in [0.5, 0.6) is 0 Å². The molecule has 0 fully saturated rings. The maximum Gasteiger partial charge on any atom is 0.258 e. The van der Waals surface area contributed by atoms with E-state index in [9.17, 15) is 8.42 Å². The summed E-state index contributed by atoms with van der Waals surface area (Å²) in [6, 6.07) is 1.44. The van der Waals surface area contributed by atoms with Gasteiger partial charge in [0.1, 0.15) is 0 Å². The molecule has 0 aliphatic rings. The molecule has 5 nitrogen and oxygen atoms in total. The molecule has 0 saturated heterocycles. The molecule has 1 heterocycles. The van der Waals surface area contributed by atoms with Crippen molar-refractivity contribution in [1.29, 1.82) is 0 Å². The quantitative estimate of drug-likeness (QED) is 0.727. The molecule has 0 unspecified atom stereocenters. The van der Waals surface area contributed by atoms with Crippen molar-refractivity contribution >= 4 is 15.7 Å². The minimum absolute atomic E-state index is 0.204. The molecule has 0 aromatic carbocycles. The summed E-state index contributed by atoms with van der Waals surface area (Å²) in [4.78, 5) is 0. The van der Waals surface area contributed by atoms with Gasteiger partial charge in [0.25, 0.3) is 10.0 Å². The Morgan fingerprint density at radius 2 is 2.00 bits per heavy atom. The molecule has 0 radical (unpaired) electrons. The normalized spacial score (nSPS) is 12.3. The van der Waals surface area contributed by atoms with Crippen LogP contribution < -0.4 is 5.73 Å². The van der Waals surface area contributed by atoms with Crippen LogP contribution >= 0.6 is 0 Å². The number of nitrogen functional groups attached to an aromatic ring is 1. The summed E-state index contributed by atoms with van der Waals surface area (Å²) in [5.41, 5.74) is 5.92. The summed E-state index contributed by atoms with van der Waals surface area (Å²) in [6.45, 7) is 0. The number of nitrogens with two attached hydrogens (primary N) is 1. The van der Waals surface area contributed by atoms with Crippen molar-refractivity contribution in [2.24, 2.45) is 7.05 Å². The van der Waals surface area contributed by atoms with E-state index >= 15 is 0 Å². The number of hydrogen-bond donors (Lipinski definition) is 1. The third-order valence-electron chi connectivity index (χ3n) is 1.73. The molecule has 74 valence electrons. The number of aryl methyl sites for hydroxylation is 1.